The summed E-state index contributed by atoms with van der Waals surface area (Å²) < 4.78 is 0. The Labute approximate surface area is 122 Å². The maximum atomic E-state index is 2.41. The van der Waals surface area contributed by atoms with E-state index in [0.29, 0.717) is 11.8 Å². The fourth-order valence-electron chi connectivity index (χ4n) is 3.91. The van der Waals surface area contributed by atoms with Gasteiger partial charge in [-0.05, 0) is 60.8 Å². The first-order valence-electron chi connectivity index (χ1n) is 7.87. The number of rotatable bonds is 2. The van der Waals surface area contributed by atoms with E-state index in [-0.39, 0.29) is 0 Å². The van der Waals surface area contributed by atoms with Gasteiger partial charge in [-0.25, -0.2) is 0 Å². The highest BCUT2D eigenvalue weighted by atomic mass is 14.3. The van der Waals surface area contributed by atoms with E-state index in [1.807, 2.05) is 0 Å². The van der Waals surface area contributed by atoms with Gasteiger partial charge >= 0.3 is 0 Å². The first kappa shape index (κ1) is 13.4. The van der Waals surface area contributed by atoms with E-state index in [0.717, 1.165) is 0 Å². The molecule has 0 saturated carbocycles. The van der Waals surface area contributed by atoms with Crippen LogP contribution in [0.3, 0.4) is 0 Å². The minimum absolute atomic E-state index is 0.671. The van der Waals surface area contributed by atoms with Crippen molar-refractivity contribution in [2.24, 2.45) is 0 Å². The Morgan fingerprint density at radius 1 is 0.700 bits per heavy atom. The maximum absolute atomic E-state index is 2.41. The molecule has 2 aromatic rings. The lowest BCUT2D eigenvalue weighted by atomic mass is 9.69. The van der Waals surface area contributed by atoms with Gasteiger partial charge < -0.3 is 0 Å². The van der Waals surface area contributed by atoms with Crippen LogP contribution in [0.5, 0.6) is 0 Å². The maximum Gasteiger partial charge on any atom is -0.00893 e. The number of fused-ring (bicyclic) bond motifs is 3. The smallest absolute Gasteiger partial charge is 0.00893 e. The van der Waals surface area contributed by atoms with Crippen molar-refractivity contribution in [3.05, 3.63) is 58.7 Å². The van der Waals surface area contributed by atoms with Gasteiger partial charge in [-0.3, -0.25) is 0 Å². The first-order valence-corrected chi connectivity index (χ1v) is 7.87. The minimum atomic E-state index is 0.671. The summed E-state index contributed by atoms with van der Waals surface area (Å²) in [6.45, 7) is 9.08. The van der Waals surface area contributed by atoms with E-state index in [4.69, 9.17) is 0 Å². The van der Waals surface area contributed by atoms with Crippen molar-refractivity contribution in [1.82, 2.24) is 0 Å². The third-order valence-electron chi connectivity index (χ3n) is 4.87. The largest absolute Gasteiger partial charge is 0.0648 e. The topological polar surface area (TPSA) is 0 Å². The lowest BCUT2D eigenvalue weighted by molar-refractivity contribution is 0.504. The first-order chi connectivity index (χ1) is 9.65. The quantitative estimate of drug-likeness (QED) is 0.626. The van der Waals surface area contributed by atoms with E-state index in [2.05, 4.69) is 64.1 Å². The molecule has 0 fully saturated rings. The molecule has 0 aromatic heterocycles. The lowest BCUT2D eigenvalue weighted by Gasteiger charge is -2.35. The molecule has 0 saturated heterocycles. The molecule has 0 aliphatic heterocycles. The molecule has 0 nitrogen and oxygen atoms in total. The van der Waals surface area contributed by atoms with Gasteiger partial charge in [0.15, 0.2) is 0 Å². The number of hydrogen-bond acceptors (Lipinski definition) is 0. The van der Waals surface area contributed by atoms with Crippen molar-refractivity contribution < 1.29 is 0 Å². The molecule has 104 valence electrons. The Morgan fingerprint density at radius 3 is 1.45 bits per heavy atom. The second-order valence-corrected chi connectivity index (χ2v) is 6.21. The molecule has 0 spiro atoms. The summed E-state index contributed by atoms with van der Waals surface area (Å²) in [4.78, 5) is 0. The number of hydrogen-bond donors (Lipinski definition) is 0. The van der Waals surface area contributed by atoms with Crippen molar-refractivity contribution in [2.75, 3.05) is 0 Å². The molecular formula is C20H24. The fraction of sp³-hybridized carbons (Fsp3) is 0.400. The van der Waals surface area contributed by atoms with Crippen LogP contribution in [0, 0.1) is 13.8 Å². The molecule has 0 heterocycles. The highest BCUT2D eigenvalue weighted by Crippen LogP contribution is 2.49. The van der Waals surface area contributed by atoms with Crippen LogP contribution < -0.4 is 0 Å². The summed E-state index contributed by atoms with van der Waals surface area (Å²) in [7, 11) is 0. The van der Waals surface area contributed by atoms with Gasteiger partial charge in [-0.15, -0.1) is 0 Å². The minimum Gasteiger partial charge on any atom is -0.0648 e. The molecule has 1 aliphatic carbocycles. The molecule has 0 radical (unpaired) electrons. The second-order valence-electron chi connectivity index (χ2n) is 6.21. The van der Waals surface area contributed by atoms with Gasteiger partial charge in [-0.1, -0.05) is 61.4 Å². The van der Waals surface area contributed by atoms with Crippen molar-refractivity contribution in [1.29, 1.82) is 0 Å². The summed E-state index contributed by atoms with van der Waals surface area (Å²) in [5.41, 5.74) is 8.82. The molecule has 3 rings (SSSR count). The molecule has 1 aliphatic rings. The zero-order valence-electron chi connectivity index (χ0n) is 13.0. The Kier molecular flexibility index (Phi) is 3.41. The zero-order valence-corrected chi connectivity index (χ0v) is 13.0. The monoisotopic (exact) mass is 264 g/mol. The van der Waals surface area contributed by atoms with Crippen LogP contribution >= 0.6 is 0 Å². The van der Waals surface area contributed by atoms with Crippen LogP contribution in [0.25, 0.3) is 11.1 Å². The lowest BCUT2D eigenvalue weighted by Crippen LogP contribution is -2.17. The van der Waals surface area contributed by atoms with E-state index in [1.165, 1.54) is 35.1 Å². The molecule has 2 atom stereocenters. The predicted octanol–water partition coefficient (Wildman–Crippen LogP) is 5.97. The molecular weight excluding hydrogens is 240 g/mol. The molecule has 20 heavy (non-hydrogen) atoms. The summed E-state index contributed by atoms with van der Waals surface area (Å²) in [6.07, 6.45) is 2.45. The SMILES string of the molecule is CCC1c2cc(C)ccc2-c2ccc(C)cc2C1CC. The molecule has 0 amide bonds. The van der Waals surface area contributed by atoms with E-state index in [1.54, 1.807) is 11.1 Å². The molecule has 0 bridgehead atoms. The normalized spacial score (nSPS) is 20.4. The van der Waals surface area contributed by atoms with E-state index < -0.39 is 0 Å². The van der Waals surface area contributed by atoms with Gasteiger partial charge in [-0.2, -0.15) is 0 Å². The summed E-state index contributed by atoms with van der Waals surface area (Å²) in [6, 6.07) is 14.0. The van der Waals surface area contributed by atoms with Crippen molar-refractivity contribution in [3.63, 3.8) is 0 Å². The average Bonchev–Trinajstić information content (AvgIpc) is 2.45. The summed E-state index contributed by atoms with van der Waals surface area (Å²) >= 11 is 0. The van der Waals surface area contributed by atoms with Gasteiger partial charge in [0.1, 0.15) is 0 Å². The van der Waals surface area contributed by atoms with Gasteiger partial charge in [0.2, 0.25) is 0 Å². The van der Waals surface area contributed by atoms with Crippen molar-refractivity contribution in [2.45, 2.75) is 52.4 Å². The highest BCUT2D eigenvalue weighted by molar-refractivity contribution is 5.76. The summed E-state index contributed by atoms with van der Waals surface area (Å²) in [5.74, 6) is 1.34. The van der Waals surface area contributed by atoms with Crippen LogP contribution in [0.1, 0.15) is 60.8 Å². The number of aryl methyl sites for hydroxylation is 2. The highest BCUT2D eigenvalue weighted by Gasteiger charge is 2.31. The van der Waals surface area contributed by atoms with E-state index in [9.17, 15) is 0 Å². The Hall–Kier alpha value is -1.56. The number of benzene rings is 2. The second kappa shape index (κ2) is 5.09. The third-order valence-corrected chi connectivity index (χ3v) is 4.87. The Morgan fingerprint density at radius 2 is 1.10 bits per heavy atom. The van der Waals surface area contributed by atoms with Gasteiger partial charge in [0, 0.05) is 0 Å². The van der Waals surface area contributed by atoms with Crippen LogP contribution in [0.15, 0.2) is 36.4 Å². The average molecular weight is 264 g/mol. The van der Waals surface area contributed by atoms with Crippen LogP contribution in [0.4, 0.5) is 0 Å². The van der Waals surface area contributed by atoms with Gasteiger partial charge in [0.25, 0.3) is 0 Å². The third kappa shape index (κ3) is 1.98. The van der Waals surface area contributed by atoms with Crippen molar-refractivity contribution >= 4 is 0 Å². The van der Waals surface area contributed by atoms with Crippen LogP contribution in [-0.2, 0) is 0 Å². The van der Waals surface area contributed by atoms with E-state index >= 15 is 0 Å². The molecule has 2 aromatic carbocycles. The molecule has 2 unspecified atom stereocenters. The van der Waals surface area contributed by atoms with Crippen molar-refractivity contribution in [3.8, 4) is 11.1 Å². The Balaban J connectivity index is 2.29. The Bertz CT molecular complexity index is 579. The summed E-state index contributed by atoms with van der Waals surface area (Å²) in [5, 5.41) is 0. The van der Waals surface area contributed by atoms with Crippen LogP contribution in [-0.4, -0.2) is 0 Å². The predicted molar refractivity (Wildman–Crippen MR) is 87.4 cm³/mol. The standard InChI is InChI=1S/C20H24/c1-5-15-16(6-2)20-12-14(4)8-10-18(20)17-9-7-13(3)11-19(15)17/h7-12,15-16H,5-6H2,1-4H3. The zero-order chi connectivity index (χ0) is 14.3. The molecule has 0 heteroatoms. The van der Waals surface area contributed by atoms with Gasteiger partial charge in [0.05, 0.1) is 0 Å². The van der Waals surface area contributed by atoms with Crippen LogP contribution in [0.2, 0.25) is 0 Å². The molecule has 0 N–H and O–H groups in total. The fourth-order valence-corrected chi connectivity index (χ4v) is 3.91.